The summed E-state index contributed by atoms with van der Waals surface area (Å²) in [5, 5.41) is 12.2. The van der Waals surface area contributed by atoms with Crippen molar-refractivity contribution in [3.05, 3.63) is 93.5 Å². The molecule has 5 nitrogen and oxygen atoms in total. The predicted octanol–water partition coefficient (Wildman–Crippen LogP) is 5.01. The molecule has 158 valence electrons. The maximum Gasteiger partial charge on any atom is 0.264 e. The normalized spacial score (nSPS) is 17.5. The van der Waals surface area contributed by atoms with E-state index in [-0.39, 0.29) is 18.7 Å². The Kier molecular flexibility index (Phi) is 5.75. The average molecular weight is 456 g/mol. The first-order valence-electron chi connectivity index (χ1n) is 9.58. The molecule has 0 saturated heterocycles. The van der Waals surface area contributed by atoms with Crippen molar-refractivity contribution < 1.29 is 19.4 Å². The number of benzene rings is 3. The molecule has 3 aromatic rings. The molecule has 3 aromatic carbocycles. The van der Waals surface area contributed by atoms with Crippen molar-refractivity contribution in [2.24, 2.45) is 0 Å². The number of hydrogen-bond acceptors (Lipinski definition) is 4. The highest BCUT2D eigenvalue weighted by molar-refractivity contribution is 6.42. The molecule has 1 aliphatic rings. The van der Waals surface area contributed by atoms with Crippen LogP contribution >= 0.6 is 23.2 Å². The minimum atomic E-state index is -1.95. The Morgan fingerprint density at radius 1 is 1.03 bits per heavy atom. The molecule has 1 atom stereocenters. The van der Waals surface area contributed by atoms with Gasteiger partial charge >= 0.3 is 0 Å². The SMILES string of the molecule is COc1ccc(C(=O)CC2(O)C(=O)N(Cc3ccc(Cl)c(Cl)c3)c3ccccc32)cc1. The van der Waals surface area contributed by atoms with Crippen LogP contribution in [0.15, 0.2) is 66.7 Å². The van der Waals surface area contributed by atoms with Gasteiger partial charge in [0, 0.05) is 11.1 Å². The standard InChI is InChI=1S/C24H19Cl2NO4/c1-31-17-9-7-16(8-10-17)22(28)13-24(30)18-4-2-3-5-21(18)27(23(24)29)14-15-6-11-19(25)20(26)12-15/h2-12,30H,13-14H2,1H3. The van der Waals surface area contributed by atoms with Gasteiger partial charge in [-0.15, -0.1) is 0 Å². The van der Waals surface area contributed by atoms with E-state index in [0.717, 1.165) is 5.56 Å². The van der Waals surface area contributed by atoms with Crippen LogP contribution in [-0.4, -0.2) is 23.9 Å². The first-order chi connectivity index (χ1) is 14.8. The minimum absolute atomic E-state index is 0.186. The second kappa shape index (κ2) is 8.35. The molecule has 0 bridgehead atoms. The number of aliphatic hydroxyl groups is 1. The fourth-order valence-corrected chi connectivity index (χ4v) is 4.09. The smallest absolute Gasteiger partial charge is 0.264 e. The van der Waals surface area contributed by atoms with Crippen LogP contribution in [0, 0.1) is 0 Å². The van der Waals surface area contributed by atoms with E-state index in [1.165, 1.54) is 12.0 Å². The van der Waals surface area contributed by atoms with Gasteiger partial charge in [0.25, 0.3) is 5.91 Å². The number of halogens is 2. The van der Waals surface area contributed by atoms with Crippen LogP contribution in [-0.2, 0) is 16.9 Å². The van der Waals surface area contributed by atoms with Crippen molar-refractivity contribution in [2.45, 2.75) is 18.6 Å². The lowest BCUT2D eigenvalue weighted by Crippen LogP contribution is -2.41. The largest absolute Gasteiger partial charge is 0.497 e. The molecule has 0 aromatic heterocycles. The lowest BCUT2D eigenvalue weighted by atomic mass is 9.88. The second-order valence-corrected chi connectivity index (χ2v) is 8.16. The second-order valence-electron chi connectivity index (χ2n) is 7.35. The number of nitrogens with zero attached hydrogens (tertiary/aromatic N) is 1. The van der Waals surface area contributed by atoms with Crippen molar-refractivity contribution in [1.82, 2.24) is 0 Å². The summed E-state index contributed by atoms with van der Waals surface area (Å²) in [7, 11) is 1.54. The number of amides is 1. The highest BCUT2D eigenvalue weighted by Crippen LogP contribution is 2.43. The summed E-state index contributed by atoms with van der Waals surface area (Å²) in [6, 6.07) is 18.6. The summed E-state index contributed by atoms with van der Waals surface area (Å²) in [5.41, 5.74) is 0.153. The zero-order valence-corrected chi connectivity index (χ0v) is 18.2. The van der Waals surface area contributed by atoms with E-state index in [4.69, 9.17) is 27.9 Å². The molecule has 7 heteroatoms. The third kappa shape index (κ3) is 3.92. The molecule has 0 radical (unpaired) electrons. The Labute approximate surface area is 189 Å². The third-order valence-electron chi connectivity index (χ3n) is 5.39. The van der Waals surface area contributed by atoms with Crippen LogP contribution in [0.4, 0.5) is 5.69 Å². The van der Waals surface area contributed by atoms with Crippen LogP contribution in [0.5, 0.6) is 5.75 Å². The van der Waals surface area contributed by atoms with E-state index in [9.17, 15) is 14.7 Å². The van der Waals surface area contributed by atoms with E-state index >= 15 is 0 Å². The van der Waals surface area contributed by atoms with Crippen molar-refractivity contribution in [3.8, 4) is 5.75 Å². The summed E-state index contributed by atoms with van der Waals surface area (Å²) in [4.78, 5) is 27.7. The summed E-state index contributed by atoms with van der Waals surface area (Å²) in [6.45, 7) is 0.186. The number of carbonyl (C=O) groups is 2. The van der Waals surface area contributed by atoms with Crippen LogP contribution in [0.25, 0.3) is 0 Å². The number of methoxy groups -OCH3 is 1. The number of anilines is 1. The van der Waals surface area contributed by atoms with Crippen LogP contribution < -0.4 is 9.64 Å². The highest BCUT2D eigenvalue weighted by Gasteiger charge is 2.50. The minimum Gasteiger partial charge on any atom is -0.497 e. The van der Waals surface area contributed by atoms with Crippen molar-refractivity contribution in [3.63, 3.8) is 0 Å². The third-order valence-corrected chi connectivity index (χ3v) is 6.13. The quantitative estimate of drug-likeness (QED) is 0.530. The van der Waals surface area contributed by atoms with Gasteiger partial charge in [0.1, 0.15) is 5.75 Å². The number of ketones is 1. The van der Waals surface area contributed by atoms with Crippen LogP contribution in [0.2, 0.25) is 10.0 Å². The lowest BCUT2D eigenvalue weighted by Gasteiger charge is -2.23. The van der Waals surface area contributed by atoms with Crippen LogP contribution in [0.1, 0.15) is 27.9 Å². The van der Waals surface area contributed by atoms with E-state index in [1.54, 1.807) is 66.7 Å². The Hall–Kier alpha value is -2.86. The van der Waals surface area contributed by atoms with Gasteiger partial charge < -0.3 is 14.7 Å². The molecule has 0 saturated carbocycles. The molecule has 1 amide bonds. The van der Waals surface area contributed by atoms with E-state index in [1.807, 2.05) is 0 Å². The Bertz CT molecular complexity index is 1160. The van der Waals surface area contributed by atoms with Crippen molar-refractivity contribution in [1.29, 1.82) is 0 Å². The van der Waals surface area contributed by atoms with Crippen LogP contribution in [0.3, 0.4) is 0 Å². The molecule has 31 heavy (non-hydrogen) atoms. The first kappa shape index (κ1) is 21.4. The maximum atomic E-state index is 13.4. The van der Waals surface area contributed by atoms with Crippen molar-refractivity contribution in [2.75, 3.05) is 12.0 Å². The van der Waals surface area contributed by atoms with Gasteiger partial charge in [-0.25, -0.2) is 0 Å². The van der Waals surface area contributed by atoms with Gasteiger partial charge in [-0.3, -0.25) is 9.59 Å². The molecular weight excluding hydrogens is 437 g/mol. The summed E-state index contributed by atoms with van der Waals surface area (Å²) in [6.07, 6.45) is -0.368. The van der Waals surface area contributed by atoms with Gasteiger partial charge in [-0.1, -0.05) is 47.5 Å². The Morgan fingerprint density at radius 2 is 1.74 bits per heavy atom. The van der Waals surface area contributed by atoms with Gasteiger partial charge in [-0.2, -0.15) is 0 Å². The number of ether oxygens (including phenoxy) is 1. The fraction of sp³-hybridized carbons (Fsp3) is 0.167. The van der Waals surface area contributed by atoms with E-state index < -0.39 is 11.5 Å². The number of hydrogen-bond donors (Lipinski definition) is 1. The topological polar surface area (TPSA) is 66.8 Å². The van der Waals surface area contributed by atoms with Gasteiger partial charge in [0.05, 0.1) is 35.8 Å². The summed E-state index contributed by atoms with van der Waals surface area (Å²) >= 11 is 12.1. The molecule has 0 fully saturated rings. The fourth-order valence-electron chi connectivity index (χ4n) is 3.77. The number of para-hydroxylation sites is 1. The number of fused-ring (bicyclic) bond motifs is 1. The van der Waals surface area contributed by atoms with Crippen molar-refractivity contribution >= 4 is 40.6 Å². The lowest BCUT2D eigenvalue weighted by molar-refractivity contribution is -0.136. The monoisotopic (exact) mass is 455 g/mol. The molecule has 1 aliphatic heterocycles. The number of rotatable bonds is 6. The number of Topliss-reactive ketones (excluding diaryl/α,β-unsaturated/α-hetero) is 1. The summed E-state index contributed by atoms with van der Waals surface area (Å²) < 4.78 is 5.11. The molecule has 1 N–H and O–H groups in total. The molecule has 1 unspecified atom stereocenters. The molecule has 0 aliphatic carbocycles. The van der Waals surface area contributed by atoms with E-state index in [2.05, 4.69) is 0 Å². The molecule has 4 rings (SSSR count). The number of carbonyl (C=O) groups excluding carboxylic acids is 2. The van der Waals surface area contributed by atoms with Gasteiger partial charge in [0.2, 0.25) is 0 Å². The van der Waals surface area contributed by atoms with Gasteiger partial charge in [0.15, 0.2) is 11.4 Å². The molecule has 1 heterocycles. The molecule has 0 spiro atoms. The average Bonchev–Trinajstić information content (AvgIpc) is 2.98. The first-order valence-corrected chi connectivity index (χ1v) is 10.3. The zero-order chi connectivity index (χ0) is 22.2. The Balaban J connectivity index is 1.65. The molecular formula is C24H19Cl2NO4. The maximum absolute atomic E-state index is 13.4. The summed E-state index contributed by atoms with van der Waals surface area (Å²) in [5.74, 6) is -0.281. The zero-order valence-electron chi connectivity index (χ0n) is 16.6. The van der Waals surface area contributed by atoms with E-state index in [0.29, 0.717) is 32.6 Å². The highest BCUT2D eigenvalue weighted by atomic mass is 35.5. The van der Waals surface area contributed by atoms with Gasteiger partial charge in [-0.05, 0) is 48.0 Å². The predicted molar refractivity (Wildman–Crippen MR) is 120 cm³/mol. The Morgan fingerprint density at radius 3 is 2.42 bits per heavy atom.